The zero-order valence-corrected chi connectivity index (χ0v) is 8.68. The molecule has 0 amide bonds. The topological polar surface area (TPSA) is 26.0 Å². The summed E-state index contributed by atoms with van der Waals surface area (Å²) in [6.07, 6.45) is 0. The number of nitrogen functional groups attached to an aromatic ring is 1. The van der Waals surface area contributed by atoms with Gasteiger partial charge < -0.3 is 5.73 Å². The van der Waals surface area contributed by atoms with Gasteiger partial charge in [0.15, 0.2) is 0 Å². The Morgan fingerprint density at radius 1 is 1.45 bits per heavy atom. The molecule has 0 fully saturated rings. The lowest BCUT2D eigenvalue weighted by molar-refractivity contribution is 0.890. The molecular formula is C8H14ClNS. The third kappa shape index (κ3) is 2.38. The number of rotatable bonds is 1. The molecule has 1 nitrogen and oxygen atoms in total. The van der Waals surface area contributed by atoms with Crippen molar-refractivity contribution in [3.8, 4) is 0 Å². The first-order chi connectivity index (χ1) is 4.61. The van der Waals surface area contributed by atoms with Crippen molar-refractivity contribution in [2.24, 2.45) is 0 Å². The smallest absolute Gasteiger partial charge is 0.0455 e. The highest BCUT2D eigenvalue weighted by molar-refractivity contribution is 7.12. The summed E-state index contributed by atoms with van der Waals surface area (Å²) in [4.78, 5) is 2.62. The SMILES string of the molecule is Cc1sc(C(C)C)cc1N.Cl. The van der Waals surface area contributed by atoms with Gasteiger partial charge in [-0.15, -0.1) is 23.7 Å². The van der Waals surface area contributed by atoms with Crippen LogP contribution in [0.1, 0.15) is 29.5 Å². The summed E-state index contributed by atoms with van der Waals surface area (Å²) >= 11 is 1.80. The van der Waals surface area contributed by atoms with Crippen molar-refractivity contribution in [2.45, 2.75) is 26.7 Å². The van der Waals surface area contributed by atoms with Crippen LogP contribution in [-0.4, -0.2) is 0 Å². The molecule has 0 unspecified atom stereocenters. The Labute approximate surface area is 78.0 Å². The number of halogens is 1. The van der Waals surface area contributed by atoms with Gasteiger partial charge in [-0.05, 0) is 18.9 Å². The molecule has 0 spiro atoms. The fourth-order valence-corrected chi connectivity index (χ4v) is 1.76. The van der Waals surface area contributed by atoms with Crippen molar-refractivity contribution in [3.63, 3.8) is 0 Å². The first-order valence-electron chi connectivity index (χ1n) is 3.47. The highest BCUT2D eigenvalue weighted by Gasteiger charge is 2.04. The summed E-state index contributed by atoms with van der Waals surface area (Å²) in [6.45, 7) is 6.43. The third-order valence-electron chi connectivity index (χ3n) is 1.54. The van der Waals surface area contributed by atoms with Crippen LogP contribution in [-0.2, 0) is 0 Å². The average Bonchev–Trinajstić information content (AvgIpc) is 2.13. The van der Waals surface area contributed by atoms with Crippen molar-refractivity contribution in [1.29, 1.82) is 0 Å². The Kier molecular flexibility index (Phi) is 3.90. The van der Waals surface area contributed by atoms with Crippen LogP contribution in [0.25, 0.3) is 0 Å². The molecule has 3 heteroatoms. The number of anilines is 1. The first kappa shape index (κ1) is 10.8. The van der Waals surface area contributed by atoms with Crippen LogP contribution >= 0.6 is 23.7 Å². The van der Waals surface area contributed by atoms with Crippen LogP contribution in [0.2, 0.25) is 0 Å². The van der Waals surface area contributed by atoms with Crippen LogP contribution in [0.4, 0.5) is 5.69 Å². The van der Waals surface area contributed by atoms with E-state index in [2.05, 4.69) is 26.8 Å². The number of nitrogens with two attached hydrogens (primary N) is 1. The van der Waals surface area contributed by atoms with E-state index in [0.717, 1.165) is 5.69 Å². The molecule has 0 bridgehead atoms. The van der Waals surface area contributed by atoms with Gasteiger partial charge in [-0.1, -0.05) is 13.8 Å². The summed E-state index contributed by atoms with van der Waals surface area (Å²) in [5.41, 5.74) is 6.63. The highest BCUT2D eigenvalue weighted by Crippen LogP contribution is 2.28. The fourth-order valence-electron chi connectivity index (χ4n) is 0.805. The molecule has 1 heterocycles. The van der Waals surface area contributed by atoms with Crippen LogP contribution in [0.15, 0.2) is 6.07 Å². The van der Waals surface area contributed by atoms with E-state index in [4.69, 9.17) is 5.73 Å². The van der Waals surface area contributed by atoms with E-state index in [9.17, 15) is 0 Å². The monoisotopic (exact) mass is 191 g/mol. The summed E-state index contributed by atoms with van der Waals surface area (Å²) < 4.78 is 0. The van der Waals surface area contributed by atoms with E-state index < -0.39 is 0 Å². The van der Waals surface area contributed by atoms with Gasteiger partial charge in [0.25, 0.3) is 0 Å². The Morgan fingerprint density at radius 2 is 2.00 bits per heavy atom. The van der Waals surface area contributed by atoms with Crippen molar-refractivity contribution < 1.29 is 0 Å². The Hall–Kier alpha value is -0.210. The summed E-state index contributed by atoms with van der Waals surface area (Å²) in [6, 6.07) is 2.07. The van der Waals surface area contributed by atoms with Gasteiger partial charge >= 0.3 is 0 Å². The van der Waals surface area contributed by atoms with E-state index >= 15 is 0 Å². The van der Waals surface area contributed by atoms with E-state index in [-0.39, 0.29) is 12.4 Å². The molecule has 0 radical (unpaired) electrons. The molecule has 0 atom stereocenters. The molecule has 0 saturated carbocycles. The van der Waals surface area contributed by atoms with Crippen molar-refractivity contribution in [1.82, 2.24) is 0 Å². The maximum Gasteiger partial charge on any atom is 0.0455 e. The predicted molar refractivity (Wildman–Crippen MR) is 54.8 cm³/mol. The lowest BCUT2D eigenvalue weighted by Crippen LogP contribution is -1.82. The molecule has 2 N–H and O–H groups in total. The van der Waals surface area contributed by atoms with Crippen LogP contribution in [0.5, 0.6) is 0 Å². The lowest BCUT2D eigenvalue weighted by Gasteiger charge is -1.96. The normalized spacial score (nSPS) is 9.82. The van der Waals surface area contributed by atoms with Crippen molar-refractivity contribution in [3.05, 3.63) is 15.8 Å². The molecule has 1 aromatic heterocycles. The van der Waals surface area contributed by atoms with E-state index in [1.807, 2.05) is 0 Å². The number of hydrogen-bond donors (Lipinski definition) is 1. The minimum Gasteiger partial charge on any atom is -0.398 e. The van der Waals surface area contributed by atoms with Crippen LogP contribution < -0.4 is 5.73 Å². The zero-order chi connectivity index (χ0) is 7.72. The maximum atomic E-state index is 5.69. The quantitative estimate of drug-likeness (QED) is 0.725. The van der Waals surface area contributed by atoms with Gasteiger partial charge in [0.2, 0.25) is 0 Å². The van der Waals surface area contributed by atoms with E-state index in [0.29, 0.717) is 5.92 Å². The maximum absolute atomic E-state index is 5.69. The molecule has 0 aliphatic heterocycles. The zero-order valence-electron chi connectivity index (χ0n) is 7.05. The molecule has 0 aliphatic carbocycles. The van der Waals surface area contributed by atoms with E-state index in [1.165, 1.54) is 9.75 Å². The molecule has 0 aromatic carbocycles. The van der Waals surface area contributed by atoms with Gasteiger partial charge in [0.1, 0.15) is 0 Å². The van der Waals surface area contributed by atoms with Crippen LogP contribution in [0.3, 0.4) is 0 Å². The molecule has 0 saturated heterocycles. The molecule has 1 rings (SSSR count). The second-order valence-corrected chi connectivity index (χ2v) is 4.10. The fraction of sp³-hybridized carbons (Fsp3) is 0.500. The van der Waals surface area contributed by atoms with Gasteiger partial charge in [0, 0.05) is 15.4 Å². The average molecular weight is 192 g/mol. The predicted octanol–water partition coefficient (Wildman–Crippen LogP) is 3.18. The molecule has 0 aliphatic rings. The second kappa shape index (κ2) is 3.98. The highest BCUT2D eigenvalue weighted by atomic mass is 35.5. The summed E-state index contributed by atoms with van der Waals surface area (Å²) in [5.74, 6) is 0.612. The number of hydrogen-bond acceptors (Lipinski definition) is 2. The second-order valence-electron chi connectivity index (χ2n) is 2.81. The van der Waals surface area contributed by atoms with Crippen molar-refractivity contribution in [2.75, 3.05) is 5.73 Å². The van der Waals surface area contributed by atoms with Crippen LogP contribution in [0, 0.1) is 6.92 Å². The minimum absolute atomic E-state index is 0. The molecule has 1 aromatic rings. The van der Waals surface area contributed by atoms with E-state index in [1.54, 1.807) is 11.3 Å². The Balaban J connectivity index is 0.000001000. The van der Waals surface area contributed by atoms with Gasteiger partial charge in [-0.25, -0.2) is 0 Å². The Morgan fingerprint density at radius 3 is 2.18 bits per heavy atom. The summed E-state index contributed by atoms with van der Waals surface area (Å²) in [5, 5.41) is 0. The van der Waals surface area contributed by atoms with Gasteiger partial charge in [0.05, 0.1) is 0 Å². The first-order valence-corrected chi connectivity index (χ1v) is 4.28. The Bertz CT molecular complexity index is 210. The third-order valence-corrected chi connectivity index (χ3v) is 2.91. The number of thiophene rings is 1. The molecular weight excluding hydrogens is 178 g/mol. The number of aryl methyl sites for hydroxylation is 1. The van der Waals surface area contributed by atoms with Gasteiger partial charge in [-0.2, -0.15) is 0 Å². The standard InChI is InChI=1S/C8H13NS.ClH/c1-5(2)8-4-7(9)6(3)10-8;/h4-5H,9H2,1-3H3;1H. The largest absolute Gasteiger partial charge is 0.398 e. The van der Waals surface area contributed by atoms with Gasteiger partial charge in [-0.3, -0.25) is 0 Å². The molecule has 11 heavy (non-hydrogen) atoms. The van der Waals surface area contributed by atoms with Crippen molar-refractivity contribution >= 4 is 29.4 Å². The molecule has 64 valence electrons. The summed E-state index contributed by atoms with van der Waals surface area (Å²) in [7, 11) is 0. The lowest BCUT2D eigenvalue weighted by atomic mass is 10.2. The minimum atomic E-state index is 0.